The fourth-order valence-corrected chi connectivity index (χ4v) is 2.99. The van der Waals surface area contributed by atoms with Crippen LogP contribution in [0.1, 0.15) is 0 Å². The summed E-state index contributed by atoms with van der Waals surface area (Å²) in [5, 5.41) is 9.13. The van der Waals surface area contributed by atoms with E-state index in [0.29, 0.717) is 13.2 Å². The van der Waals surface area contributed by atoms with Gasteiger partial charge in [0.25, 0.3) is 0 Å². The van der Waals surface area contributed by atoms with Crippen molar-refractivity contribution in [3.8, 4) is 5.88 Å². The molecule has 2 aliphatic rings. The smallest absolute Gasteiger partial charge is 0.245 e. The first kappa shape index (κ1) is 12.9. The van der Waals surface area contributed by atoms with E-state index in [1.165, 1.54) is 6.20 Å². The Morgan fingerprint density at radius 1 is 1.47 bits per heavy atom. The number of hydrogen-bond acceptors (Lipinski definition) is 6. The molecule has 0 aromatic carbocycles. The van der Waals surface area contributed by atoms with E-state index in [9.17, 15) is 8.42 Å². The SMILES string of the molecule is COC1CN([C@H]2COc3c(S(N)(=O)=O)cnn3C2)C1. The zero-order valence-electron chi connectivity index (χ0n) is 10.5. The summed E-state index contributed by atoms with van der Waals surface area (Å²) in [6.45, 7) is 2.76. The standard InChI is InChI=1S/C10H16N4O4S/c1-17-8-4-13(5-8)7-3-14-10(18-6-7)9(2-12-14)19(11,15)16/h2,7-8H,3-6H2,1H3,(H2,11,15,16)/t7-/m1/s1. The van der Waals surface area contributed by atoms with Crippen molar-refractivity contribution in [1.29, 1.82) is 0 Å². The fraction of sp³-hybridized carbons (Fsp3) is 0.700. The number of sulfonamides is 1. The number of nitrogens with zero attached hydrogens (tertiary/aromatic N) is 3. The quantitative estimate of drug-likeness (QED) is 0.736. The first-order valence-corrected chi connectivity index (χ1v) is 7.52. The molecule has 9 heteroatoms. The fourth-order valence-electron chi connectivity index (χ4n) is 2.39. The molecule has 1 atom stereocenters. The van der Waals surface area contributed by atoms with E-state index in [0.717, 1.165) is 13.1 Å². The molecule has 0 saturated carbocycles. The van der Waals surface area contributed by atoms with E-state index in [-0.39, 0.29) is 22.9 Å². The molecule has 19 heavy (non-hydrogen) atoms. The van der Waals surface area contributed by atoms with Crippen LogP contribution in [0.2, 0.25) is 0 Å². The van der Waals surface area contributed by atoms with E-state index >= 15 is 0 Å². The highest BCUT2D eigenvalue weighted by Gasteiger charge is 2.36. The minimum absolute atomic E-state index is 0.0515. The lowest BCUT2D eigenvalue weighted by Crippen LogP contribution is -2.59. The molecule has 0 unspecified atom stereocenters. The molecule has 0 bridgehead atoms. The van der Waals surface area contributed by atoms with Crippen LogP contribution in [-0.4, -0.2) is 62.1 Å². The van der Waals surface area contributed by atoms with Gasteiger partial charge in [-0.25, -0.2) is 18.2 Å². The molecule has 0 aliphatic carbocycles. The normalized spacial score (nSPS) is 24.6. The largest absolute Gasteiger partial charge is 0.475 e. The number of ether oxygens (including phenoxy) is 2. The van der Waals surface area contributed by atoms with Crippen molar-refractivity contribution in [1.82, 2.24) is 14.7 Å². The van der Waals surface area contributed by atoms with Gasteiger partial charge in [0.05, 0.1) is 24.9 Å². The molecular formula is C10H16N4O4S. The first-order chi connectivity index (χ1) is 8.99. The number of likely N-dealkylation sites (tertiary alicyclic amines) is 1. The Hall–Kier alpha value is -1.16. The van der Waals surface area contributed by atoms with E-state index < -0.39 is 10.0 Å². The molecule has 1 aromatic rings. The number of hydrogen-bond donors (Lipinski definition) is 1. The molecule has 106 valence electrons. The Labute approximate surface area is 111 Å². The van der Waals surface area contributed by atoms with Crippen LogP contribution in [0, 0.1) is 0 Å². The first-order valence-electron chi connectivity index (χ1n) is 5.97. The second kappa shape index (κ2) is 4.44. The van der Waals surface area contributed by atoms with Crippen LogP contribution in [0.3, 0.4) is 0 Å². The highest BCUT2D eigenvalue weighted by molar-refractivity contribution is 7.89. The maximum absolute atomic E-state index is 11.3. The van der Waals surface area contributed by atoms with Gasteiger partial charge in [0, 0.05) is 20.2 Å². The zero-order valence-corrected chi connectivity index (χ0v) is 11.3. The molecular weight excluding hydrogens is 272 g/mol. The van der Waals surface area contributed by atoms with Gasteiger partial charge in [-0.05, 0) is 0 Å². The van der Waals surface area contributed by atoms with E-state index in [4.69, 9.17) is 14.6 Å². The van der Waals surface area contributed by atoms with Crippen LogP contribution in [-0.2, 0) is 21.3 Å². The van der Waals surface area contributed by atoms with Crippen LogP contribution in [0.25, 0.3) is 0 Å². The number of nitrogens with two attached hydrogens (primary N) is 1. The highest BCUT2D eigenvalue weighted by Crippen LogP contribution is 2.28. The second-order valence-corrected chi connectivity index (χ2v) is 6.35. The molecule has 2 aliphatic heterocycles. The maximum Gasteiger partial charge on any atom is 0.245 e. The predicted octanol–water partition coefficient (Wildman–Crippen LogP) is -1.38. The van der Waals surface area contributed by atoms with Crippen LogP contribution in [0.4, 0.5) is 0 Å². The minimum Gasteiger partial charge on any atom is -0.475 e. The molecule has 1 aromatic heterocycles. The van der Waals surface area contributed by atoms with Gasteiger partial charge in [0.1, 0.15) is 6.61 Å². The number of primary sulfonamides is 1. The summed E-state index contributed by atoms with van der Waals surface area (Å²) >= 11 is 0. The minimum atomic E-state index is -3.78. The monoisotopic (exact) mass is 288 g/mol. The molecule has 3 heterocycles. The van der Waals surface area contributed by atoms with Crippen molar-refractivity contribution in [3.63, 3.8) is 0 Å². The molecule has 2 N–H and O–H groups in total. The summed E-state index contributed by atoms with van der Waals surface area (Å²) in [6.07, 6.45) is 1.51. The van der Waals surface area contributed by atoms with E-state index in [1.54, 1.807) is 11.8 Å². The van der Waals surface area contributed by atoms with Crippen molar-refractivity contribution in [2.24, 2.45) is 5.14 Å². The number of fused-ring (bicyclic) bond motifs is 1. The number of aromatic nitrogens is 2. The Morgan fingerprint density at radius 3 is 2.84 bits per heavy atom. The predicted molar refractivity (Wildman–Crippen MR) is 65.3 cm³/mol. The Balaban J connectivity index is 1.74. The zero-order chi connectivity index (χ0) is 13.6. The summed E-state index contributed by atoms with van der Waals surface area (Å²) in [4.78, 5) is 2.18. The third kappa shape index (κ3) is 2.22. The number of methoxy groups -OCH3 is 1. The van der Waals surface area contributed by atoms with Crippen molar-refractivity contribution in [2.75, 3.05) is 26.8 Å². The second-order valence-electron chi connectivity index (χ2n) is 4.82. The topological polar surface area (TPSA) is 99.7 Å². The lowest BCUT2D eigenvalue weighted by Gasteiger charge is -2.44. The van der Waals surface area contributed by atoms with Crippen LogP contribution in [0.5, 0.6) is 5.88 Å². The lowest BCUT2D eigenvalue weighted by molar-refractivity contribution is -0.0687. The summed E-state index contributed by atoms with van der Waals surface area (Å²) in [6, 6.07) is 0.187. The molecule has 1 saturated heterocycles. The summed E-state index contributed by atoms with van der Waals surface area (Å²) < 4.78 is 35.0. The van der Waals surface area contributed by atoms with Crippen molar-refractivity contribution in [2.45, 2.75) is 23.6 Å². The van der Waals surface area contributed by atoms with Crippen molar-refractivity contribution in [3.05, 3.63) is 6.20 Å². The van der Waals surface area contributed by atoms with Crippen molar-refractivity contribution >= 4 is 10.0 Å². The van der Waals surface area contributed by atoms with Gasteiger partial charge in [-0.15, -0.1) is 0 Å². The highest BCUT2D eigenvalue weighted by atomic mass is 32.2. The van der Waals surface area contributed by atoms with Gasteiger partial charge >= 0.3 is 0 Å². The summed E-state index contributed by atoms with van der Waals surface area (Å²) in [7, 11) is -2.09. The van der Waals surface area contributed by atoms with Gasteiger partial charge < -0.3 is 9.47 Å². The summed E-state index contributed by atoms with van der Waals surface area (Å²) in [5.41, 5.74) is 0. The number of rotatable bonds is 3. The lowest BCUT2D eigenvalue weighted by atomic mass is 10.1. The maximum atomic E-state index is 11.3. The van der Waals surface area contributed by atoms with Gasteiger partial charge in [-0.2, -0.15) is 5.10 Å². The third-order valence-corrected chi connectivity index (χ3v) is 4.48. The molecule has 1 fully saturated rings. The van der Waals surface area contributed by atoms with Gasteiger partial charge in [0.2, 0.25) is 15.9 Å². The van der Waals surface area contributed by atoms with Gasteiger partial charge in [0.15, 0.2) is 4.90 Å². The van der Waals surface area contributed by atoms with Gasteiger partial charge in [-0.1, -0.05) is 0 Å². The Kier molecular flexibility index (Phi) is 3.01. The van der Waals surface area contributed by atoms with Crippen LogP contribution >= 0.6 is 0 Å². The molecule has 0 radical (unpaired) electrons. The summed E-state index contributed by atoms with van der Waals surface area (Å²) in [5.74, 6) is 0.238. The van der Waals surface area contributed by atoms with Gasteiger partial charge in [-0.3, -0.25) is 4.90 Å². The molecule has 0 spiro atoms. The Bertz CT molecular complexity index is 578. The van der Waals surface area contributed by atoms with Crippen LogP contribution in [0.15, 0.2) is 11.1 Å². The molecule has 8 nitrogen and oxygen atoms in total. The Morgan fingerprint density at radius 2 is 2.21 bits per heavy atom. The van der Waals surface area contributed by atoms with E-state index in [2.05, 4.69) is 10.00 Å². The molecule has 3 rings (SSSR count). The average molecular weight is 288 g/mol. The molecule has 0 amide bonds. The average Bonchev–Trinajstić information content (AvgIpc) is 2.70. The van der Waals surface area contributed by atoms with E-state index in [1.807, 2.05) is 0 Å². The van der Waals surface area contributed by atoms with Crippen LogP contribution < -0.4 is 9.88 Å². The van der Waals surface area contributed by atoms with Crippen molar-refractivity contribution < 1.29 is 17.9 Å². The third-order valence-electron chi connectivity index (χ3n) is 3.59.